The molecule has 0 aliphatic carbocycles. The van der Waals surface area contributed by atoms with E-state index in [-0.39, 0.29) is 6.10 Å². The summed E-state index contributed by atoms with van der Waals surface area (Å²) < 4.78 is 15.9. The zero-order chi connectivity index (χ0) is 13.2. The summed E-state index contributed by atoms with van der Waals surface area (Å²) in [7, 11) is 0. The molecule has 0 amide bonds. The van der Waals surface area contributed by atoms with E-state index in [0.717, 1.165) is 26.2 Å². The average Bonchev–Trinajstić information content (AvgIpc) is 2.81. The smallest absolute Gasteiger partial charge is 0.0897 e. The van der Waals surface area contributed by atoms with Crippen LogP contribution in [-0.4, -0.2) is 63.4 Å². The summed E-state index contributed by atoms with van der Waals surface area (Å²) in [6.45, 7) is 8.64. The standard InChI is InChI=1S/C13H27NO4/c1-11(2)18-6-5-17-10-13(15)8-14-7-12-3-4-16-9-12/h11-15H,3-10H2,1-2H3. The molecular weight excluding hydrogens is 234 g/mol. The average molecular weight is 261 g/mol. The Hall–Kier alpha value is -0.200. The summed E-state index contributed by atoms with van der Waals surface area (Å²) in [5, 5.41) is 12.9. The number of nitrogens with one attached hydrogen (secondary N) is 1. The van der Waals surface area contributed by atoms with Crippen LogP contribution in [-0.2, 0) is 14.2 Å². The van der Waals surface area contributed by atoms with Gasteiger partial charge in [0.2, 0.25) is 0 Å². The molecule has 2 unspecified atom stereocenters. The third-order valence-corrected chi connectivity index (χ3v) is 2.83. The fraction of sp³-hybridized carbons (Fsp3) is 1.00. The van der Waals surface area contributed by atoms with Crippen LogP contribution >= 0.6 is 0 Å². The first kappa shape index (κ1) is 15.9. The summed E-state index contributed by atoms with van der Waals surface area (Å²) in [6.07, 6.45) is 0.895. The maximum absolute atomic E-state index is 9.67. The van der Waals surface area contributed by atoms with Gasteiger partial charge in [-0.1, -0.05) is 0 Å². The molecule has 1 aliphatic rings. The molecule has 0 saturated carbocycles. The van der Waals surface area contributed by atoms with Crippen molar-refractivity contribution in [2.75, 3.05) is 46.1 Å². The van der Waals surface area contributed by atoms with E-state index in [1.54, 1.807) is 0 Å². The van der Waals surface area contributed by atoms with E-state index in [4.69, 9.17) is 14.2 Å². The molecule has 1 saturated heterocycles. The monoisotopic (exact) mass is 261 g/mol. The van der Waals surface area contributed by atoms with Crippen molar-refractivity contribution in [2.45, 2.75) is 32.5 Å². The lowest BCUT2D eigenvalue weighted by molar-refractivity contribution is -0.0101. The number of aliphatic hydroxyl groups is 1. The second-order valence-corrected chi connectivity index (χ2v) is 5.04. The van der Waals surface area contributed by atoms with Gasteiger partial charge in [-0.3, -0.25) is 0 Å². The van der Waals surface area contributed by atoms with Gasteiger partial charge >= 0.3 is 0 Å². The van der Waals surface area contributed by atoms with Crippen LogP contribution in [0.5, 0.6) is 0 Å². The maximum atomic E-state index is 9.67. The Morgan fingerprint density at radius 2 is 2.22 bits per heavy atom. The third kappa shape index (κ3) is 8.00. The van der Waals surface area contributed by atoms with Crippen LogP contribution < -0.4 is 5.32 Å². The summed E-state index contributed by atoms with van der Waals surface area (Å²) in [5.74, 6) is 0.595. The van der Waals surface area contributed by atoms with Crippen LogP contribution in [0, 0.1) is 5.92 Å². The highest BCUT2D eigenvalue weighted by molar-refractivity contribution is 4.68. The predicted octanol–water partition coefficient (Wildman–Crippen LogP) is 0.415. The molecule has 0 aromatic heterocycles. The van der Waals surface area contributed by atoms with Crippen LogP contribution in [0.3, 0.4) is 0 Å². The van der Waals surface area contributed by atoms with Gasteiger partial charge in [0.1, 0.15) is 0 Å². The van der Waals surface area contributed by atoms with Crippen molar-refractivity contribution in [1.29, 1.82) is 0 Å². The van der Waals surface area contributed by atoms with Crippen molar-refractivity contribution >= 4 is 0 Å². The Morgan fingerprint density at radius 3 is 2.89 bits per heavy atom. The molecule has 0 radical (unpaired) electrons. The first-order valence-corrected chi connectivity index (χ1v) is 6.84. The van der Waals surface area contributed by atoms with Gasteiger partial charge < -0.3 is 24.6 Å². The summed E-state index contributed by atoms with van der Waals surface area (Å²) in [5.41, 5.74) is 0. The van der Waals surface area contributed by atoms with Gasteiger partial charge in [-0.05, 0) is 26.2 Å². The van der Waals surface area contributed by atoms with E-state index >= 15 is 0 Å². The van der Waals surface area contributed by atoms with Gasteiger partial charge in [-0.25, -0.2) is 0 Å². The lowest BCUT2D eigenvalue weighted by Gasteiger charge is -2.14. The minimum atomic E-state index is -0.452. The summed E-state index contributed by atoms with van der Waals surface area (Å²) >= 11 is 0. The first-order chi connectivity index (χ1) is 8.68. The van der Waals surface area contributed by atoms with Gasteiger partial charge in [0.25, 0.3) is 0 Å². The van der Waals surface area contributed by atoms with E-state index < -0.39 is 6.10 Å². The van der Waals surface area contributed by atoms with Crippen LogP contribution in [0.1, 0.15) is 20.3 Å². The van der Waals surface area contributed by atoms with Gasteiger partial charge in [0, 0.05) is 19.7 Å². The van der Waals surface area contributed by atoms with Gasteiger partial charge in [0.15, 0.2) is 0 Å². The van der Waals surface area contributed by atoms with Crippen molar-refractivity contribution in [3.63, 3.8) is 0 Å². The number of hydrogen-bond donors (Lipinski definition) is 2. The molecule has 5 heteroatoms. The highest BCUT2D eigenvalue weighted by atomic mass is 16.5. The Balaban J connectivity index is 1.85. The van der Waals surface area contributed by atoms with Crippen molar-refractivity contribution < 1.29 is 19.3 Å². The normalized spacial score (nSPS) is 21.7. The Kier molecular flexibility index (Phi) is 8.54. The summed E-state index contributed by atoms with van der Waals surface area (Å²) in [6, 6.07) is 0. The fourth-order valence-electron chi connectivity index (χ4n) is 1.82. The Labute approximate surface area is 110 Å². The SMILES string of the molecule is CC(C)OCCOCC(O)CNCC1CCOC1. The quantitative estimate of drug-likeness (QED) is 0.558. The number of aliphatic hydroxyl groups excluding tert-OH is 1. The van der Waals surface area contributed by atoms with E-state index in [2.05, 4.69) is 5.32 Å². The van der Waals surface area contributed by atoms with Crippen molar-refractivity contribution in [3.05, 3.63) is 0 Å². The molecule has 0 bridgehead atoms. The molecule has 1 rings (SSSR count). The topological polar surface area (TPSA) is 60.0 Å². The zero-order valence-electron chi connectivity index (χ0n) is 11.6. The first-order valence-electron chi connectivity index (χ1n) is 6.84. The van der Waals surface area contributed by atoms with Crippen molar-refractivity contribution in [1.82, 2.24) is 5.32 Å². The molecule has 0 spiro atoms. The molecule has 2 atom stereocenters. The maximum Gasteiger partial charge on any atom is 0.0897 e. The molecular formula is C13H27NO4. The molecule has 108 valence electrons. The second-order valence-electron chi connectivity index (χ2n) is 5.04. The Bertz CT molecular complexity index is 195. The van der Waals surface area contributed by atoms with Crippen LogP contribution in [0.2, 0.25) is 0 Å². The number of hydrogen-bond acceptors (Lipinski definition) is 5. The molecule has 1 fully saturated rings. The third-order valence-electron chi connectivity index (χ3n) is 2.83. The lowest BCUT2D eigenvalue weighted by Crippen LogP contribution is -2.34. The highest BCUT2D eigenvalue weighted by Gasteiger charge is 2.15. The Morgan fingerprint density at radius 1 is 1.39 bits per heavy atom. The van der Waals surface area contributed by atoms with Gasteiger partial charge in [-0.15, -0.1) is 0 Å². The number of ether oxygens (including phenoxy) is 3. The summed E-state index contributed by atoms with van der Waals surface area (Å²) in [4.78, 5) is 0. The molecule has 0 aromatic rings. The second kappa shape index (κ2) is 9.69. The lowest BCUT2D eigenvalue weighted by atomic mass is 10.1. The van der Waals surface area contributed by atoms with Crippen molar-refractivity contribution in [2.24, 2.45) is 5.92 Å². The molecule has 18 heavy (non-hydrogen) atoms. The van der Waals surface area contributed by atoms with Crippen LogP contribution in [0.25, 0.3) is 0 Å². The molecule has 1 heterocycles. The van der Waals surface area contributed by atoms with Gasteiger partial charge in [-0.2, -0.15) is 0 Å². The number of rotatable bonds is 10. The van der Waals surface area contributed by atoms with Crippen molar-refractivity contribution in [3.8, 4) is 0 Å². The predicted molar refractivity (Wildman–Crippen MR) is 69.7 cm³/mol. The van der Waals surface area contributed by atoms with E-state index in [0.29, 0.717) is 32.3 Å². The molecule has 5 nitrogen and oxygen atoms in total. The largest absolute Gasteiger partial charge is 0.389 e. The zero-order valence-corrected chi connectivity index (χ0v) is 11.6. The molecule has 2 N–H and O–H groups in total. The van der Waals surface area contributed by atoms with Crippen LogP contribution in [0.15, 0.2) is 0 Å². The molecule has 1 aliphatic heterocycles. The van der Waals surface area contributed by atoms with E-state index in [1.807, 2.05) is 13.8 Å². The van der Waals surface area contributed by atoms with E-state index in [1.165, 1.54) is 0 Å². The minimum Gasteiger partial charge on any atom is -0.389 e. The minimum absolute atomic E-state index is 0.230. The molecule has 0 aromatic carbocycles. The van der Waals surface area contributed by atoms with Gasteiger partial charge in [0.05, 0.1) is 38.6 Å². The van der Waals surface area contributed by atoms with Crippen LogP contribution in [0.4, 0.5) is 0 Å². The fourth-order valence-corrected chi connectivity index (χ4v) is 1.82. The highest BCUT2D eigenvalue weighted by Crippen LogP contribution is 2.10. The van der Waals surface area contributed by atoms with E-state index in [9.17, 15) is 5.11 Å².